The van der Waals surface area contributed by atoms with E-state index in [0.29, 0.717) is 12.5 Å². The zero-order chi connectivity index (χ0) is 16.0. The molecule has 1 fully saturated rings. The van der Waals surface area contributed by atoms with Gasteiger partial charge < -0.3 is 20.3 Å². The van der Waals surface area contributed by atoms with Crippen LogP contribution in [0, 0.1) is 12.8 Å². The molecule has 1 unspecified atom stereocenters. The summed E-state index contributed by atoms with van der Waals surface area (Å²) in [6.07, 6.45) is 0. The minimum Gasteiger partial charge on any atom is -0.483 e. The highest BCUT2D eigenvalue weighted by molar-refractivity contribution is 6.09. The lowest BCUT2D eigenvalue weighted by Gasteiger charge is -2.38. The summed E-state index contributed by atoms with van der Waals surface area (Å²) in [4.78, 5) is 13.9. The molecule has 3 heterocycles. The molecule has 1 amide bonds. The van der Waals surface area contributed by atoms with Crippen LogP contribution in [0.15, 0.2) is 17.2 Å². The summed E-state index contributed by atoms with van der Waals surface area (Å²) in [7, 11) is 0. The SMILES string of the molecule is Cc1cc2c(cc1NCC1CNC1)N1C(=NNC(=O)C1C)CO2. The predicted molar refractivity (Wildman–Crippen MR) is 89.0 cm³/mol. The molecule has 3 N–H and O–H groups in total. The minimum atomic E-state index is -0.295. The first kappa shape index (κ1) is 14.3. The van der Waals surface area contributed by atoms with Crippen molar-refractivity contribution in [1.82, 2.24) is 10.7 Å². The van der Waals surface area contributed by atoms with Crippen molar-refractivity contribution in [1.29, 1.82) is 0 Å². The zero-order valence-electron chi connectivity index (χ0n) is 13.3. The van der Waals surface area contributed by atoms with Gasteiger partial charge in [0.05, 0.1) is 5.69 Å². The van der Waals surface area contributed by atoms with E-state index in [2.05, 4.69) is 34.2 Å². The summed E-state index contributed by atoms with van der Waals surface area (Å²) >= 11 is 0. The van der Waals surface area contributed by atoms with Gasteiger partial charge in [-0.3, -0.25) is 4.79 Å². The molecule has 1 saturated heterocycles. The second-order valence-corrected chi connectivity index (χ2v) is 6.38. The Hall–Kier alpha value is -2.28. The van der Waals surface area contributed by atoms with Crippen LogP contribution in [0.25, 0.3) is 0 Å². The van der Waals surface area contributed by atoms with Gasteiger partial charge in [-0.1, -0.05) is 0 Å². The number of carbonyl (C=O) groups is 1. The Balaban J connectivity index is 1.66. The van der Waals surface area contributed by atoms with Gasteiger partial charge in [0.1, 0.15) is 18.4 Å². The number of benzene rings is 1. The van der Waals surface area contributed by atoms with Crippen molar-refractivity contribution >= 4 is 23.1 Å². The normalized spacial score (nSPS) is 23.0. The summed E-state index contributed by atoms with van der Waals surface area (Å²) in [5.41, 5.74) is 5.67. The van der Waals surface area contributed by atoms with E-state index in [-0.39, 0.29) is 11.9 Å². The fourth-order valence-electron chi connectivity index (χ4n) is 3.11. The maximum atomic E-state index is 11.9. The Morgan fingerprint density at radius 1 is 1.43 bits per heavy atom. The summed E-state index contributed by atoms with van der Waals surface area (Å²) in [6.45, 7) is 7.41. The second-order valence-electron chi connectivity index (χ2n) is 6.38. The van der Waals surface area contributed by atoms with E-state index in [9.17, 15) is 4.79 Å². The Labute approximate surface area is 135 Å². The molecule has 3 aliphatic heterocycles. The maximum Gasteiger partial charge on any atom is 0.262 e. The number of rotatable bonds is 3. The van der Waals surface area contributed by atoms with Crippen molar-refractivity contribution in [3.8, 4) is 5.75 Å². The van der Waals surface area contributed by atoms with Gasteiger partial charge in [0, 0.05) is 31.2 Å². The molecule has 7 heteroatoms. The summed E-state index contributed by atoms with van der Waals surface area (Å²) in [5.74, 6) is 2.12. The van der Waals surface area contributed by atoms with E-state index >= 15 is 0 Å². The number of hydrogen-bond acceptors (Lipinski definition) is 6. The predicted octanol–water partition coefficient (Wildman–Crippen LogP) is 0.657. The zero-order valence-corrected chi connectivity index (χ0v) is 13.3. The third-order valence-corrected chi connectivity index (χ3v) is 4.71. The number of amides is 1. The minimum absolute atomic E-state index is 0.0998. The van der Waals surface area contributed by atoms with E-state index in [1.807, 2.05) is 17.9 Å². The van der Waals surface area contributed by atoms with Crippen LogP contribution in [0.5, 0.6) is 5.75 Å². The second kappa shape index (κ2) is 5.42. The molecule has 0 spiro atoms. The Kier molecular flexibility index (Phi) is 3.37. The standard InChI is InChI=1S/C16H21N5O2/c1-9-3-14-13(4-12(9)18-7-11-5-17-6-11)21-10(2)16(22)20-19-15(21)8-23-14/h3-4,10-11,17-18H,5-8H2,1-2H3,(H,20,22). The highest BCUT2D eigenvalue weighted by Crippen LogP contribution is 2.38. The number of nitrogens with zero attached hydrogens (tertiary/aromatic N) is 2. The van der Waals surface area contributed by atoms with Crippen molar-refractivity contribution in [2.45, 2.75) is 19.9 Å². The van der Waals surface area contributed by atoms with Crippen LogP contribution < -0.4 is 25.7 Å². The number of hydrogen-bond donors (Lipinski definition) is 3. The smallest absolute Gasteiger partial charge is 0.262 e. The fraction of sp³-hybridized carbons (Fsp3) is 0.500. The molecule has 1 atom stereocenters. The molecule has 122 valence electrons. The quantitative estimate of drug-likeness (QED) is 0.764. The average molecular weight is 315 g/mol. The summed E-state index contributed by atoms with van der Waals surface area (Å²) in [6, 6.07) is 3.81. The van der Waals surface area contributed by atoms with Gasteiger partial charge in [-0.05, 0) is 31.5 Å². The highest BCUT2D eigenvalue weighted by atomic mass is 16.5. The largest absolute Gasteiger partial charge is 0.483 e. The molecule has 0 saturated carbocycles. The van der Waals surface area contributed by atoms with E-state index in [1.165, 1.54) is 0 Å². The molecule has 7 nitrogen and oxygen atoms in total. The number of nitrogens with one attached hydrogen (secondary N) is 3. The van der Waals surface area contributed by atoms with Crippen molar-refractivity contribution in [3.63, 3.8) is 0 Å². The third kappa shape index (κ3) is 2.41. The Morgan fingerprint density at radius 3 is 3.00 bits per heavy atom. The van der Waals surface area contributed by atoms with Crippen molar-refractivity contribution in [2.75, 3.05) is 36.5 Å². The van der Waals surface area contributed by atoms with Crippen LogP contribution in [0.3, 0.4) is 0 Å². The molecule has 23 heavy (non-hydrogen) atoms. The molecule has 1 aromatic carbocycles. The lowest BCUT2D eigenvalue weighted by atomic mass is 10.0. The first-order chi connectivity index (χ1) is 11.1. The number of hydrazone groups is 1. The average Bonchev–Trinajstić information content (AvgIpc) is 2.49. The van der Waals surface area contributed by atoms with E-state index in [1.54, 1.807) is 0 Å². The van der Waals surface area contributed by atoms with Crippen LogP contribution in [0.4, 0.5) is 11.4 Å². The van der Waals surface area contributed by atoms with Gasteiger partial charge in [0.15, 0.2) is 5.84 Å². The van der Waals surface area contributed by atoms with Crippen molar-refractivity contribution in [2.24, 2.45) is 11.0 Å². The van der Waals surface area contributed by atoms with Gasteiger partial charge in [-0.15, -0.1) is 0 Å². The van der Waals surface area contributed by atoms with E-state index in [4.69, 9.17) is 4.74 Å². The number of anilines is 2. The van der Waals surface area contributed by atoms with Crippen LogP contribution in [0.2, 0.25) is 0 Å². The lowest BCUT2D eigenvalue weighted by Crippen LogP contribution is -2.55. The molecule has 4 rings (SSSR count). The number of amidine groups is 1. The molecule has 3 aliphatic rings. The highest BCUT2D eigenvalue weighted by Gasteiger charge is 2.35. The van der Waals surface area contributed by atoms with Crippen molar-refractivity contribution in [3.05, 3.63) is 17.7 Å². The molecule has 0 aliphatic carbocycles. The van der Waals surface area contributed by atoms with E-state index in [0.717, 1.165) is 48.2 Å². The number of carbonyl (C=O) groups excluding carboxylic acids is 1. The fourth-order valence-corrected chi connectivity index (χ4v) is 3.11. The maximum absolute atomic E-state index is 11.9. The van der Waals surface area contributed by atoms with Crippen molar-refractivity contribution < 1.29 is 9.53 Å². The lowest BCUT2D eigenvalue weighted by molar-refractivity contribution is -0.122. The topological polar surface area (TPSA) is 78.0 Å². The van der Waals surface area contributed by atoms with Gasteiger partial charge in [0.2, 0.25) is 0 Å². The summed E-state index contributed by atoms with van der Waals surface area (Å²) in [5, 5.41) is 10.9. The molecule has 1 aromatic rings. The van der Waals surface area contributed by atoms with Gasteiger partial charge in [-0.25, -0.2) is 5.43 Å². The first-order valence-electron chi connectivity index (χ1n) is 8.01. The van der Waals surface area contributed by atoms with Crippen LogP contribution >= 0.6 is 0 Å². The number of ether oxygens (including phenoxy) is 1. The first-order valence-corrected chi connectivity index (χ1v) is 8.01. The molecule has 0 radical (unpaired) electrons. The molecule has 0 bridgehead atoms. The van der Waals surface area contributed by atoms with Crippen LogP contribution in [0.1, 0.15) is 12.5 Å². The Morgan fingerprint density at radius 2 is 2.26 bits per heavy atom. The van der Waals surface area contributed by atoms with Crippen LogP contribution in [-0.2, 0) is 4.79 Å². The molecule has 0 aromatic heterocycles. The molecular formula is C16H21N5O2. The monoisotopic (exact) mass is 315 g/mol. The Bertz CT molecular complexity index is 683. The van der Waals surface area contributed by atoms with E-state index < -0.39 is 0 Å². The van der Waals surface area contributed by atoms with Crippen LogP contribution in [-0.4, -0.2) is 44.0 Å². The summed E-state index contributed by atoms with van der Waals surface area (Å²) < 4.78 is 5.81. The van der Waals surface area contributed by atoms with Gasteiger partial charge in [0.25, 0.3) is 5.91 Å². The molecular weight excluding hydrogens is 294 g/mol. The number of aryl methyl sites for hydroxylation is 1. The van der Waals surface area contributed by atoms with Gasteiger partial charge in [-0.2, -0.15) is 5.10 Å². The van der Waals surface area contributed by atoms with Gasteiger partial charge >= 0.3 is 0 Å². The number of fused-ring (bicyclic) bond motifs is 3. The third-order valence-electron chi connectivity index (χ3n) is 4.71.